The van der Waals surface area contributed by atoms with Gasteiger partial charge in [0.2, 0.25) is 0 Å². The number of hydrogen-bond acceptors (Lipinski definition) is 2. The lowest BCUT2D eigenvalue weighted by molar-refractivity contribution is 0.0927. The Labute approximate surface area is 138 Å². The molecule has 22 heavy (non-hydrogen) atoms. The van der Waals surface area contributed by atoms with E-state index < -0.39 is 0 Å². The van der Waals surface area contributed by atoms with E-state index in [0.717, 1.165) is 0 Å². The molecule has 0 saturated heterocycles. The van der Waals surface area contributed by atoms with Crippen LogP contribution in [0, 0.1) is 0 Å². The summed E-state index contributed by atoms with van der Waals surface area (Å²) in [5.74, 6) is -0.517. The molecule has 0 aliphatic rings. The lowest BCUT2D eigenvalue weighted by atomic mass is 10.2. The predicted octanol–water partition coefficient (Wildman–Crippen LogP) is 3.15. The summed E-state index contributed by atoms with van der Waals surface area (Å²) in [4.78, 5) is 23.8. The van der Waals surface area contributed by atoms with Gasteiger partial charge in [-0.1, -0.05) is 41.4 Å². The summed E-state index contributed by atoms with van der Waals surface area (Å²) < 4.78 is 0. The van der Waals surface area contributed by atoms with Gasteiger partial charge in [0.1, 0.15) is 0 Å². The highest BCUT2D eigenvalue weighted by molar-refractivity contribution is 6.33. The summed E-state index contributed by atoms with van der Waals surface area (Å²) in [5.41, 5.74) is 0.885. The number of benzene rings is 2. The minimum absolute atomic E-state index is 0.241. The van der Waals surface area contributed by atoms with Crippen molar-refractivity contribution >= 4 is 35.0 Å². The lowest BCUT2D eigenvalue weighted by Gasteiger charge is -2.08. The molecule has 0 heterocycles. The summed E-state index contributed by atoms with van der Waals surface area (Å²) >= 11 is 11.8. The van der Waals surface area contributed by atoms with Gasteiger partial charge in [-0.05, 0) is 30.3 Å². The second-order valence-electron chi connectivity index (χ2n) is 4.50. The largest absolute Gasteiger partial charge is 0.350 e. The molecule has 4 nitrogen and oxygen atoms in total. The van der Waals surface area contributed by atoms with Crippen molar-refractivity contribution in [3.8, 4) is 0 Å². The second-order valence-corrected chi connectivity index (χ2v) is 5.35. The Hall–Kier alpha value is -2.04. The van der Waals surface area contributed by atoms with Gasteiger partial charge in [0.05, 0.1) is 10.6 Å². The lowest BCUT2D eigenvalue weighted by Crippen LogP contribution is -2.34. The van der Waals surface area contributed by atoms with Crippen LogP contribution in [0.25, 0.3) is 0 Å². The Kier molecular flexibility index (Phi) is 5.81. The fourth-order valence-electron chi connectivity index (χ4n) is 1.82. The zero-order valence-electron chi connectivity index (χ0n) is 11.6. The SMILES string of the molecule is O=C(NCCNC(=O)c1ccccc1Cl)c1cccc(Cl)c1. The smallest absolute Gasteiger partial charge is 0.252 e. The van der Waals surface area contributed by atoms with Crippen molar-refractivity contribution in [2.75, 3.05) is 13.1 Å². The fraction of sp³-hybridized carbons (Fsp3) is 0.125. The summed E-state index contributed by atoms with van der Waals surface area (Å²) in [7, 11) is 0. The third-order valence-electron chi connectivity index (χ3n) is 2.90. The normalized spacial score (nSPS) is 10.1. The third-order valence-corrected chi connectivity index (χ3v) is 3.47. The molecule has 2 amide bonds. The number of carbonyl (C=O) groups excluding carboxylic acids is 2. The van der Waals surface area contributed by atoms with E-state index in [9.17, 15) is 9.59 Å². The maximum Gasteiger partial charge on any atom is 0.252 e. The Morgan fingerprint density at radius 2 is 1.55 bits per heavy atom. The second kappa shape index (κ2) is 7.82. The first-order chi connectivity index (χ1) is 10.6. The zero-order valence-corrected chi connectivity index (χ0v) is 13.1. The van der Waals surface area contributed by atoms with E-state index in [-0.39, 0.29) is 11.8 Å². The predicted molar refractivity (Wildman–Crippen MR) is 87.6 cm³/mol. The summed E-state index contributed by atoms with van der Waals surface area (Å²) in [6, 6.07) is 13.4. The van der Waals surface area contributed by atoms with Gasteiger partial charge >= 0.3 is 0 Å². The summed E-state index contributed by atoms with van der Waals surface area (Å²) in [6.07, 6.45) is 0. The minimum atomic E-state index is -0.275. The van der Waals surface area contributed by atoms with Crippen LogP contribution >= 0.6 is 23.2 Å². The number of halogens is 2. The van der Waals surface area contributed by atoms with Crippen molar-refractivity contribution in [2.45, 2.75) is 0 Å². The highest BCUT2D eigenvalue weighted by atomic mass is 35.5. The fourth-order valence-corrected chi connectivity index (χ4v) is 2.24. The van der Waals surface area contributed by atoms with Gasteiger partial charge in [0.25, 0.3) is 11.8 Å². The first-order valence-electron chi connectivity index (χ1n) is 6.64. The molecule has 0 radical (unpaired) electrons. The molecule has 0 aliphatic carbocycles. The maximum atomic E-state index is 11.9. The van der Waals surface area contributed by atoms with Gasteiger partial charge in [-0.15, -0.1) is 0 Å². The van der Waals surface area contributed by atoms with Crippen LogP contribution in [-0.4, -0.2) is 24.9 Å². The minimum Gasteiger partial charge on any atom is -0.350 e. The topological polar surface area (TPSA) is 58.2 Å². The average molecular weight is 337 g/mol. The molecule has 0 aromatic heterocycles. The van der Waals surface area contributed by atoms with Crippen molar-refractivity contribution in [3.05, 3.63) is 69.7 Å². The van der Waals surface area contributed by atoms with E-state index in [1.807, 2.05) is 0 Å². The Morgan fingerprint density at radius 3 is 2.23 bits per heavy atom. The Balaban J connectivity index is 1.79. The molecule has 2 aromatic carbocycles. The van der Waals surface area contributed by atoms with Crippen molar-refractivity contribution < 1.29 is 9.59 Å². The molecule has 0 saturated carbocycles. The van der Waals surface area contributed by atoms with Gasteiger partial charge in [0, 0.05) is 23.7 Å². The quantitative estimate of drug-likeness (QED) is 0.824. The molecule has 6 heteroatoms. The first-order valence-corrected chi connectivity index (χ1v) is 7.40. The molecule has 0 fully saturated rings. The van der Waals surface area contributed by atoms with Gasteiger partial charge in [0.15, 0.2) is 0 Å². The summed E-state index contributed by atoms with van der Waals surface area (Å²) in [5, 5.41) is 6.29. The molecule has 2 rings (SSSR count). The van der Waals surface area contributed by atoms with E-state index >= 15 is 0 Å². The zero-order chi connectivity index (χ0) is 15.9. The van der Waals surface area contributed by atoms with Gasteiger partial charge in [-0.2, -0.15) is 0 Å². The summed E-state index contributed by atoms with van der Waals surface area (Å²) in [6.45, 7) is 0.609. The molecular formula is C16H14Cl2N2O2. The Bertz CT molecular complexity index is 689. The van der Waals surface area contributed by atoms with E-state index in [4.69, 9.17) is 23.2 Å². The van der Waals surface area contributed by atoms with E-state index in [1.165, 1.54) is 0 Å². The molecule has 0 bridgehead atoms. The van der Waals surface area contributed by atoms with Gasteiger partial charge < -0.3 is 10.6 Å². The Morgan fingerprint density at radius 1 is 0.864 bits per heavy atom. The van der Waals surface area contributed by atoms with Crippen LogP contribution in [0.15, 0.2) is 48.5 Å². The average Bonchev–Trinajstić information content (AvgIpc) is 2.51. The van der Waals surface area contributed by atoms with Crippen LogP contribution in [0.1, 0.15) is 20.7 Å². The van der Waals surface area contributed by atoms with Gasteiger partial charge in [-0.3, -0.25) is 9.59 Å². The van der Waals surface area contributed by atoms with E-state index in [1.54, 1.807) is 48.5 Å². The van der Waals surface area contributed by atoms with Crippen molar-refractivity contribution in [3.63, 3.8) is 0 Å². The molecular weight excluding hydrogens is 323 g/mol. The van der Waals surface area contributed by atoms with Crippen LogP contribution in [-0.2, 0) is 0 Å². The molecule has 0 atom stereocenters. The van der Waals surface area contributed by atoms with Crippen molar-refractivity contribution in [1.82, 2.24) is 10.6 Å². The number of nitrogens with one attached hydrogen (secondary N) is 2. The molecule has 2 N–H and O–H groups in total. The molecule has 0 spiro atoms. The molecule has 0 aliphatic heterocycles. The molecule has 0 unspecified atom stereocenters. The number of amides is 2. The highest BCUT2D eigenvalue weighted by Gasteiger charge is 2.09. The highest BCUT2D eigenvalue weighted by Crippen LogP contribution is 2.14. The monoisotopic (exact) mass is 336 g/mol. The van der Waals surface area contributed by atoms with E-state index in [2.05, 4.69) is 10.6 Å². The standard InChI is InChI=1S/C16H14Cl2N2O2/c17-12-5-3-4-11(10-12)15(21)19-8-9-20-16(22)13-6-1-2-7-14(13)18/h1-7,10H,8-9H2,(H,19,21)(H,20,22). The van der Waals surface area contributed by atoms with Crippen LogP contribution in [0.4, 0.5) is 0 Å². The number of rotatable bonds is 5. The van der Waals surface area contributed by atoms with Crippen LogP contribution < -0.4 is 10.6 Å². The maximum absolute atomic E-state index is 11.9. The van der Waals surface area contributed by atoms with Crippen molar-refractivity contribution in [2.24, 2.45) is 0 Å². The number of carbonyl (C=O) groups is 2. The van der Waals surface area contributed by atoms with Crippen LogP contribution in [0.2, 0.25) is 10.0 Å². The molecule has 114 valence electrons. The first kappa shape index (κ1) is 16.3. The van der Waals surface area contributed by atoms with Crippen LogP contribution in [0.3, 0.4) is 0 Å². The number of hydrogen-bond donors (Lipinski definition) is 2. The van der Waals surface area contributed by atoms with Gasteiger partial charge in [-0.25, -0.2) is 0 Å². The molecule has 2 aromatic rings. The van der Waals surface area contributed by atoms with E-state index in [0.29, 0.717) is 34.3 Å². The van der Waals surface area contributed by atoms with Crippen molar-refractivity contribution in [1.29, 1.82) is 0 Å². The van der Waals surface area contributed by atoms with Crippen LogP contribution in [0.5, 0.6) is 0 Å². The third kappa shape index (κ3) is 4.48.